The highest BCUT2D eigenvalue weighted by Gasteiger charge is 2.32. The maximum absolute atomic E-state index is 12.4. The second-order valence-corrected chi connectivity index (χ2v) is 8.83. The Morgan fingerprint density at radius 1 is 1.43 bits per heavy atom. The van der Waals surface area contributed by atoms with Crippen LogP contribution >= 0.6 is 11.3 Å². The van der Waals surface area contributed by atoms with Gasteiger partial charge in [0, 0.05) is 13.1 Å². The number of unbranched alkanes of at least 4 members (excludes halogenated alkanes) is 1. The summed E-state index contributed by atoms with van der Waals surface area (Å²) in [5.74, 6) is 1.27. The fraction of sp³-hybridized carbons (Fsp3) is 0.600. The zero-order valence-electron chi connectivity index (χ0n) is 13.1. The minimum absolute atomic E-state index is 0.0126. The van der Waals surface area contributed by atoms with Gasteiger partial charge in [-0.25, -0.2) is 12.7 Å². The summed E-state index contributed by atoms with van der Waals surface area (Å²) >= 11 is 1.55. The second-order valence-electron chi connectivity index (χ2n) is 5.79. The molecule has 2 aromatic rings. The van der Waals surface area contributed by atoms with Gasteiger partial charge in [0.05, 0.1) is 16.5 Å². The lowest BCUT2D eigenvalue weighted by molar-refractivity contribution is 0.286. The Labute approximate surface area is 140 Å². The molecule has 0 bridgehead atoms. The summed E-state index contributed by atoms with van der Waals surface area (Å²) in [7, 11) is -3.18. The molecular weight excluding hydrogens is 334 g/mol. The molecule has 0 aromatic carbocycles. The van der Waals surface area contributed by atoms with Crippen molar-refractivity contribution >= 4 is 21.4 Å². The van der Waals surface area contributed by atoms with Gasteiger partial charge < -0.3 is 4.42 Å². The Balaban J connectivity index is 1.71. The molecule has 0 radical (unpaired) electrons. The minimum Gasteiger partial charge on any atom is -0.420 e. The molecule has 2 aromatic heterocycles. The first kappa shape index (κ1) is 16.6. The molecule has 8 heteroatoms. The third kappa shape index (κ3) is 3.81. The zero-order valence-corrected chi connectivity index (χ0v) is 14.8. The van der Waals surface area contributed by atoms with E-state index in [0.29, 0.717) is 31.3 Å². The van der Waals surface area contributed by atoms with Crippen molar-refractivity contribution in [3.63, 3.8) is 0 Å². The van der Waals surface area contributed by atoms with Gasteiger partial charge in [0.1, 0.15) is 0 Å². The minimum atomic E-state index is -3.18. The van der Waals surface area contributed by atoms with Gasteiger partial charge in [-0.15, -0.1) is 21.5 Å². The van der Waals surface area contributed by atoms with Gasteiger partial charge in [-0.3, -0.25) is 0 Å². The molecule has 1 fully saturated rings. The van der Waals surface area contributed by atoms with E-state index in [-0.39, 0.29) is 11.7 Å². The Bertz CT molecular complexity index is 725. The molecule has 0 unspecified atom stereocenters. The molecule has 1 aliphatic rings. The van der Waals surface area contributed by atoms with Gasteiger partial charge in [0.2, 0.25) is 15.9 Å². The van der Waals surface area contributed by atoms with Gasteiger partial charge in [-0.05, 0) is 30.7 Å². The standard InChI is InChI=1S/C15H21N3O3S2/c1-2-3-10-23(19,20)18-8-4-6-12(11-18)14-16-17-15(21-14)13-7-5-9-22-13/h5,7,9,12H,2-4,6,8,10-11H2,1H3/t12-/m0/s1. The molecule has 23 heavy (non-hydrogen) atoms. The SMILES string of the molecule is CCCCS(=O)(=O)N1CCC[C@H](c2nnc(-c3cccs3)o2)C1. The van der Waals surface area contributed by atoms with Crippen molar-refractivity contribution < 1.29 is 12.8 Å². The number of rotatable bonds is 6. The van der Waals surface area contributed by atoms with Crippen LogP contribution in [-0.2, 0) is 10.0 Å². The van der Waals surface area contributed by atoms with E-state index >= 15 is 0 Å². The lowest BCUT2D eigenvalue weighted by Crippen LogP contribution is -2.40. The molecule has 1 aliphatic heterocycles. The van der Waals surface area contributed by atoms with E-state index in [2.05, 4.69) is 10.2 Å². The molecular formula is C15H21N3O3S2. The number of piperidine rings is 1. The van der Waals surface area contributed by atoms with Crippen molar-refractivity contribution in [2.24, 2.45) is 0 Å². The maximum atomic E-state index is 12.4. The van der Waals surface area contributed by atoms with E-state index < -0.39 is 10.0 Å². The van der Waals surface area contributed by atoms with E-state index in [1.807, 2.05) is 24.4 Å². The van der Waals surface area contributed by atoms with Crippen molar-refractivity contribution in [3.05, 3.63) is 23.4 Å². The van der Waals surface area contributed by atoms with Crippen molar-refractivity contribution in [2.75, 3.05) is 18.8 Å². The molecule has 3 rings (SSSR count). The maximum Gasteiger partial charge on any atom is 0.257 e. The molecule has 6 nitrogen and oxygen atoms in total. The number of thiophene rings is 1. The monoisotopic (exact) mass is 355 g/mol. The van der Waals surface area contributed by atoms with Crippen LogP contribution in [-0.4, -0.2) is 41.8 Å². The van der Waals surface area contributed by atoms with Crippen LogP contribution in [0.25, 0.3) is 10.8 Å². The third-order valence-electron chi connectivity index (χ3n) is 4.06. The van der Waals surface area contributed by atoms with E-state index in [9.17, 15) is 8.42 Å². The molecule has 126 valence electrons. The summed E-state index contributed by atoms with van der Waals surface area (Å²) < 4.78 is 32.1. The molecule has 0 amide bonds. The van der Waals surface area contributed by atoms with Crippen LogP contribution in [0, 0.1) is 0 Å². The van der Waals surface area contributed by atoms with E-state index in [1.54, 1.807) is 15.6 Å². The van der Waals surface area contributed by atoms with Gasteiger partial charge in [0.15, 0.2) is 0 Å². The Kier molecular flexibility index (Phi) is 5.13. The summed E-state index contributed by atoms with van der Waals surface area (Å²) in [5, 5.41) is 10.2. The van der Waals surface area contributed by atoms with Crippen molar-refractivity contribution in [3.8, 4) is 10.8 Å². The van der Waals surface area contributed by atoms with Gasteiger partial charge in [0.25, 0.3) is 5.89 Å². The number of aromatic nitrogens is 2. The number of hydrogen-bond donors (Lipinski definition) is 0. The van der Waals surface area contributed by atoms with Crippen molar-refractivity contribution in [1.82, 2.24) is 14.5 Å². The highest BCUT2D eigenvalue weighted by molar-refractivity contribution is 7.89. The van der Waals surface area contributed by atoms with Crippen LogP contribution in [0.5, 0.6) is 0 Å². The third-order valence-corrected chi connectivity index (χ3v) is 6.84. The normalized spacial score (nSPS) is 20.0. The quantitative estimate of drug-likeness (QED) is 0.796. The smallest absolute Gasteiger partial charge is 0.257 e. The summed E-state index contributed by atoms with van der Waals surface area (Å²) in [5.41, 5.74) is 0. The van der Waals surface area contributed by atoms with Crippen LogP contribution in [0.1, 0.15) is 44.4 Å². The van der Waals surface area contributed by atoms with Crippen LogP contribution < -0.4 is 0 Å². The Hall–Kier alpha value is -1.25. The second kappa shape index (κ2) is 7.11. The highest BCUT2D eigenvalue weighted by Crippen LogP contribution is 2.31. The molecule has 1 saturated heterocycles. The first-order valence-corrected chi connectivity index (χ1v) is 10.4. The number of nitrogens with zero attached hydrogens (tertiary/aromatic N) is 3. The number of hydrogen-bond acceptors (Lipinski definition) is 6. The van der Waals surface area contributed by atoms with Gasteiger partial charge in [-0.1, -0.05) is 19.4 Å². The highest BCUT2D eigenvalue weighted by atomic mass is 32.2. The van der Waals surface area contributed by atoms with Crippen molar-refractivity contribution in [2.45, 2.75) is 38.5 Å². The first-order valence-electron chi connectivity index (χ1n) is 7.95. The molecule has 0 N–H and O–H groups in total. The van der Waals surface area contributed by atoms with Gasteiger partial charge >= 0.3 is 0 Å². The van der Waals surface area contributed by atoms with Crippen LogP contribution in [0.3, 0.4) is 0 Å². The summed E-state index contributed by atoms with van der Waals surface area (Å²) in [6.45, 7) is 3.03. The lowest BCUT2D eigenvalue weighted by atomic mass is 10.00. The van der Waals surface area contributed by atoms with Crippen molar-refractivity contribution in [1.29, 1.82) is 0 Å². The summed E-state index contributed by atoms with van der Waals surface area (Å²) in [4.78, 5) is 0.937. The molecule has 0 aliphatic carbocycles. The fourth-order valence-electron chi connectivity index (χ4n) is 2.75. The van der Waals surface area contributed by atoms with Crippen LogP contribution in [0.2, 0.25) is 0 Å². The molecule has 1 atom stereocenters. The average molecular weight is 355 g/mol. The fourth-order valence-corrected chi connectivity index (χ4v) is 5.12. The predicted octanol–water partition coefficient (Wildman–Crippen LogP) is 3.11. The Morgan fingerprint density at radius 3 is 3.04 bits per heavy atom. The summed E-state index contributed by atoms with van der Waals surface area (Å²) in [6.07, 6.45) is 3.29. The van der Waals surface area contributed by atoms with E-state index in [0.717, 1.165) is 24.1 Å². The zero-order chi connectivity index (χ0) is 16.3. The molecule has 0 spiro atoms. The average Bonchev–Trinajstić information content (AvgIpc) is 3.24. The largest absolute Gasteiger partial charge is 0.420 e. The predicted molar refractivity (Wildman–Crippen MR) is 89.9 cm³/mol. The molecule has 3 heterocycles. The Morgan fingerprint density at radius 2 is 2.30 bits per heavy atom. The number of sulfonamides is 1. The van der Waals surface area contributed by atoms with Crippen LogP contribution in [0.4, 0.5) is 0 Å². The first-order chi connectivity index (χ1) is 11.1. The topological polar surface area (TPSA) is 76.3 Å². The van der Waals surface area contributed by atoms with Gasteiger partial charge in [-0.2, -0.15) is 0 Å². The van der Waals surface area contributed by atoms with E-state index in [4.69, 9.17) is 4.42 Å². The van der Waals surface area contributed by atoms with Crippen LogP contribution in [0.15, 0.2) is 21.9 Å². The van der Waals surface area contributed by atoms with E-state index in [1.165, 1.54) is 0 Å². The lowest BCUT2D eigenvalue weighted by Gasteiger charge is -2.30. The molecule has 0 saturated carbocycles. The summed E-state index contributed by atoms with van der Waals surface area (Å²) in [6, 6.07) is 3.87.